The Morgan fingerprint density at radius 1 is 1.07 bits per heavy atom. The van der Waals surface area contributed by atoms with E-state index in [2.05, 4.69) is 20.3 Å². The first-order valence-electron chi connectivity index (χ1n) is 8.68. The predicted molar refractivity (Wildman–Crippen MR) is 103 cm³/mol. The number of nitrogens with one attached hydrogen (secondary N) is 1. The topological polar surface area (TPSA) is 81.9 Å². The molecule has 30 heavy (non-hydrogen) atoms. The van der Waals surface area contributed by atoms with Gasteiger partial charge >= 0.3 is 6.18 Å². The average Bonchev–Trinajstić information content (AvgIpc) is 3.18. The first-order chi connectivity index (χ1) is 14.4. The molecule has 0 saturated carbocycles. The molecular weight excluding hydrogens is 399 g/mol. The minimum Gasteiger partial charge on any atom is -0.479 e. The number of anilines is 1. The molecule has 0 radical (unpaired) electrons. The van der Waals surface area contributed by atoms with E-state index in [1.54, 1.807) is 36.5 Å². The number of hydrogen-bond donors (Lipinski definition) is 1. The van der Waals surface area contributed by atoms with E-state index in [1.165, 1.54) is 13.4 Å². The van der Waals surface area contributed by atoms with Gasteiger partial charge in [-0.2, -0.15) is 18.2 Å². The lowest BCUT2D eigenvalue weighted by atomic mass is 10.2. The number of hydrogen-bond acceptors (Lipinski definition) is 5. The van der Waals surface area contributed by atoms with Gasteiger partial charge in [0.15, 0.2) is 0 Å². The highest BCUT2D eigenvalue weighted by Gasteiger charge is 2.30. The van der Waals surface area contributed by atoms with Crippen molar-refractivity contribution in [2.24, 2.45) is 0 Å². The number of alkyl halides is 3. The third-order valence-electron chi connectivity index (χ3n) is 4.37. The second-order valence-electron chi connectivity index (χ2n) is 6.23. The number of nitrogens with zero attached hydrogens (tertiary/aromatic N) is 4. The number of halogens is 3. The Morgan fingerprint density at radius 3 is 2.53 bits per heavy atom. The summed E-state index contributed by atoms with van der Waals surface area (Å²) in [5.41, 5.74) is 1.47. The van der Waals surface area contributed by atoms with Gasteiger partial charge in [0.2, 0.25) is 5.88 Å². The first-order valence-corrected chi connectivity index (χ1v) is 8.68. The summed E-state index contributed by atoms with van der Waals surface area (Å²) in [5, 5.41) is 2.38. The number of amides is 1. The maximum absolute atomic E-state index is 12.8. The second kappa shape index (κ2) is 7.47. The van der Waals surface area contributed by atoms with Gasteiger partial charge in [-0.05, 0) is 42.5 Å². The number of ether oxygens (including phenoxy) is 1. The molecule has 152 valence electrons. The molecule has 1 N–H and O–H groups in total. The Bertz CT molecular complexity index is 1220. The van der Waals surface area contributed by atoms with Gasteiger partial charge in [0, 0.05) is 23.6 Å². The predicted octanol–water partition coefficient (Wildman–Crippen LogP) is 4.10. The summed E-state index contributed by atoms with van der Waals surface area (Å²) >= 11 is 0. The van der Waals surface area contributed by atoms with Crippen LogP contribution >= 0.6 is 0 Å². The Balaban J connectivity index is 1.58. The van der Waals surface area contributed by atoms with Gasteiger partial charge in [-0.25, -0.2) is 9.97 Å². The lowest BCUT2D eigenvalue weighted by Crippen LogP contribution is -2.14. The van der Waals surface area contributed by atoms with Crippen LogP contribution in [-0.2, 0) is 6.18 Å². The molecule has 3 aromatic heterocycles. The number of pyridine rings is 1. The zero-order chi connectivity index (χ0) is 21.3. The van der Waals surface area contributed by atoms with Crippen LogP contribution in [0.1, 0.15) is 15.9 Å². The fourth-order valence-electron chi connectivity index (χ4n) is 2.95. The SMILES string of the molecule is COc1ncnc2ccn(-c3ccc(C(=O)Nc4cc(C(F)(F)F)ccn4)cc3)c12. The quantitative estimate of drug-likeness (QED) is 0.545. The Morgan fingerprint density at radius 2 is 1.83 bits per heavy atom. The fourth-order valence-corrected chi connectivity index (χ4v) is 2.95. The van der Waals surface area contributed by atoms with Gasteiger partial charge in [0.05, 0.1) is 18.2 Å². The highest BCUT2D eigenvalue weighted by Crippen LogP contribution is 2.30. The molecule has 0 aliphatic carbocycles. The second-order valence-corrected chi connectivity index (χ2v) is 6.23. The highest BCUT2D eigenvalue weighted by atomic mass is 19.4. The summed E-state index contributed by atoms with van der Waals surface area (Å²) in [6.45, 7) is 0. The largest absolute Gasteiger partial charge is 0.479 e. The molecule has 0 saturated heterocycles. The number of methoxy groups -OCH3 is 1. The van der Waals surface area contributed by atoms with Crippen molar-refractivity contribution >= 4 is 22.8 Å². The molecule has 0 fully saturated rings. The molecule has 3 heterocycles. The number of benzene rings is 1. The standard InChI is InChI=1S/C20H14F3N5O2/c1-30-19-17-15(25-11-26-19)7-9-28(17)14-4-2-12(3-5-14)18(29)27-16-10-13(6-8-24-16)20(21,22)23/h2-11H,1H3,(H,24,27,29). The zero-order valence-electron chi connectivity index (χ0n) is 15.5. The van der Waals surface area contributed by atoms with E-state index in [9.17, 15) is 18.0 Å². The smallest absolute Gasteiger partial charge is 0.416 e. The van der Waals surface area contributed by atoms with Crippen LogP contribution in [0.2, 0.25) is 0 Å². The molecule has 0 bridgehead atoms. The average molecular weight is 413 g/mol. The van der Waals surface area contributed by atoms with Crippen LogP contribution in [0.4, 0.5) is 19.0 Å². The molecule has 0 spiro atoms. The van der Waals surface area contributed by atoms with E-state index in [4.69, 9.17) is 4.74 Å². The van der Waals surface area contributed by atoms with Crippen molar-refractivity contribution in [1.82, 2.24) is 19.5 Å². The summed E-state index contributed by atoms with van der Waals surface area (Å²) in [5.74, 6) is -0.355. The van der Waals surface area contributed by atoms with Gasteiger partial charge in [-0.3, -0.25) is 4.79 Å². The molecule has 10 heteroatoms. The Hall–Kier alpha value is -3.95. The number of aromatic nitrogens is 4. The van der Waals surface area contributed by atoms with Crippen molar-refractivity contribution in [2.45, 2.75) is 6.18 Å². The maximum Gasteiger partial charge on any atom is 0.416 e. The number of rotatable bonds is 4. The van der Waals surface area contributed by atoms with Crippen molar-refractivity contribution in [1.29, 1.82) is 0 Å². The molecule has 1 amide bonds. The molecule has 7 nitrogen and oxygen atoms in total. The Kier molecular flexibility index (Phi) is 4.82. The number of carbonyl (C=O) groups is 1. The summed E-state index contributed by atoms with van der Waals surface area (Å²) in [6.07, 6.45) is -0.327. The lowest BCUT2D eigenvalue weighted by molar-refractivity contribution is -0.137. The van der Waals surface area contributed by atoms with Crippen LogP contribution < -0.4 is 10.1 Å². The first kappa shape index (κ1) is 19.4. The fraction of sp³-hybridized carbons (Fsp3) is 0.100. The van der Waals surface area contributed by atoms with Crippen molar-refractivity contribution in [3.63, 3.8) is 0 Å². The Labute approximate surface area is 168 Å². The normalized spacial score (nSPS) is 11.5. The monoisotopic (exact) mass is 413 g/mol. The van der Waals surface area contributed by atoms with Gasteiger partial charge in [0.1, 0.15) is 17.7 Å². The molecule has 0 aliphatic rings. The van der Waals surface area contributed by atoms with E-state index < -0.39 is 17.6 Å². The van der Waals surface area contributed by atoms with Crippen LogP contribution in [0.25, 0.3) is 16.7 Å². The van der Waals surface area contributed by atoms with E-state index in [0.29, 0.717) is 16.9 Å². The molecule has 4 rings (SSSR count). The van der Waals surface area contributed by atoms with Gasteiger partial charge in [-0.1, -0.05) is 0 Å². The van der Waals surface area contributed by atoms with Crippen LogP contribution in [-0.4, -0.2) is 32.5 Å². The van der Waals surface area contributed by atoms with Crippen molar-refractivity contribution < 1.29 is 22.7 Å². The van der Waals surface area contributed by atoms with Crippen molar-refractivity contribution in [3.05, 3.63) is 72.3 Å². The number of fused-ring (bicyclic) bond motifs is 1. The molecular formula is C20H14F3N5O2. The maximum atomic E-state index is 12.8. The summed E-state index contributed by atoms with van der Waals surface area (Å²) < 4.78 is 45.5. The van der Waals surface area contributed by atoms with Gasteiger partial charge in [0.25, 0.3) is 5.91 Å². The third-order valence-corrected chi connectivity index (χ3v) is 4.37. The van der Waals surface area contributed by atoms with Crippen molar-refractivity contribution in [2.75, 3.05) is 12.4 Å². The molecule has 0 unspecified atom stereocenters. The molecule has 0 atom stereocenters. The third kappa shape index (κ3) is 3.66. The molecule has 1 aromatic carbocycles. The zero-order valence-corrected chi connectivity index (χ0v) is 15.5. The van der Waals surface area contributed by atoms with E-state index >= 15 is 0 Å². The summed E-state index contributed by atoms with van der Waals surface area (Å²) in [7, 11) is 1.51. The van der Waals surface area contributed by atoms with Gasteiger partial charge in [-0.15, -0.1) is 0 Å². The summed E-state index contributed by atoms with van der Waals surface area (Å²) in [6, 6.07) is 9.93. The van der Waals surface area contributed by atoms with Crippen molar-refractivity contribution in [3.8, 4) is 11.6 Å². The molecule has 4 aromatic rings. The van der Waals surface area contributed by atoms with E-state index in [0.717, 1.165) is 24.0 Å². The van der Waals surface area contributed by atoms with Crippen LogP contribution in [0.15, 0.2) is 61.2 Å². The molecule has 0 aliphatic heterocycles. The van der Waals surface area contributed by atoms with Gasteiger partial charge < -0.3 is 14.6 Å². The number of carbonyl (C=O) groups excluding carboxylic acids is 1. The van der Waals surface area contributed by atoms with Crippen LogP contribution in [0, 0.1) is 0 Å². The minimum absolute atomic E-state index is 0.183. The minimum atomic E-state index is -4.52. The van der Waals surface area contributed by atoms with E-state index in [1.807, 2.05) is 4.57 Å². The van der Waals surface area contributed by atoms with Crippen LogP contribution in [0.5, 0.6) is 5.88 Å². The lowest BCUT2D eigenvalue weighted by Gasteiger charge is -2.10. The summed E-state index contributed by atoms with van der Waals surface area (Å²) in [4.78, 5) is 24.5. The van der Waals surface area contributed by atoms with E-state index in [-0.39, 0.29) is 11.4 Å². The highest BCUT2D eigenvalue weighted by molar-refractivity contribution is 6.03. The van der Waals surface area contributed by atoms with Crippen LogP contribution in [0.3, 0.4) is 0 Å².